The number of amides is 4. The van der Waals surface area contributed by atoms with Gasteiger partial charge in [-0.1, -0.05) is 107 Å². The molecule has 5 atom stereocenters. The zero-order valence-electron chi connectivity index (χ0n) is 35.7. The smallest absolute Gasteiger partial charge is 0.407 e. The fourth-order valence-corrected chi connectivity index (χ4v) is 7.44. The van der Waals surface area contributed by atoms with Crippen molar-refractivity contribution in [1.82, 2.24) is 40.8 Å². The summed E-state index contributed by atoms with van der Waals surface area (Å²) in [5.41, 5.74) is 6.50. The second kappa shape index (κ2) is 20.2. The van der Waals surface area contributed by atoms with Crippen LogP contribution in [0.2, 0.25) is 0 Å². The van der Waals surface area contributed by atoms with Crippen LogP contribution in [0.15, 0.2) is 91.3 Å². The Morgan fingerprint density at radius 2 is 1.25 bits per heavy atom. The highest BCUT2D eigenvalue weighted by molar-refractivity contribution is 5.87. The van der Waals surface area contributed by atoms with Gasteiger partial charge in [0.25, 0.3) is 0 Å². The van der Waals surface area contributed by atoms with Gasteiger partial charge in [-0.3, -0.25) is 9.59 Å². The van der Waals surface area contributed by atoms with Gasteiger partial charge in [-0.15, -0.1) is 0 Å². The number of nitrogens with zero attached hydrogens (tertiary/aromatic N) is 3. The Morgan fingerprint density at radius 3 is 1.82 bits per heavy atom. The van der Waals surface area contributed by atoms with E-state index >= 15 is 0 Å². The lowest BCUT2D eigenvalue weighted by Gasteiger charge is -2.30. The summed E-state index contributed by atoms with van der Waals surface area (Å²) in [5, 5.41) is 8.39. The lowest BCUT2D eigenvalue weighted by molar-refractivity contribution is -0.135. The van der Waals surface area contributed by atoms with Gasteiger partial charge in [0.15, 0.2) is 0 Å². The fraction of sp³-hybridized carbons (Fsp3) is 0.391. The number of methoxy groups -OCH3 is 2. The highest BCUT2D eigenvalue weighted by Gasteiger charge is 2.37. The Labute approximate surface area is 356 Å². The van der Waals surface area contributed by atoms with Crippen LogP contribution in [-0.2, 0) is 30.4 Å². The highest BCUT2D eigenvalue weighted by atomic mass is 16.5. The third-order valence-corrected chi connectivity index (χ3v) is 11.0. The summed E-state index contributed by atoms with van der Waals surface area (Å²) in [6.07, 6.45) is 3.31. The van der Waals surface area contributed by atoms with Crippen LogP contribution in [0.4, 0.5) is 9.59 Å². The Balaban J connectivity index is 1.14. The molecule has 0 aliphatic carbocycles. The zero-order valence-corrected chi connectivity index (χ0v) is 35.7. The average molecular weight is 833 g/mol. The Hall–Kier alpha value is -6.48. The molecule has 61 heavy (non-hydrogen) atoms. The average Bonchev–Trinajstić information content (AvgIpc) is 4.08. The van der Waals surface area contributed by atoms with Gasteiger partial charge < -0.3 is 45.0 Å². The lowest BCUT2D eigenvalue weighted by Crippen LogP contribution is -2.52. The molecule has 6 rings (SSSR count). The normalized spacial score (nSPS) is 15.8. The molecule has 2 aromatic heterocycles. The van der Waals surface area contributed by atoms with Crippen LogP contribution in [0.3, 0.4) is 0 Å². The van der Waals surface area contributed by atoms with Crippen LogP contribution < -0.4 is 16.0 Å². The maximum absolute atomic E-state index is 13.6. The second-order valence-electron chi connectivity index (χ2n) is 15.9. The van der Waals surface area contributed by atoms with Gasteiger partial charge in [0.05, 0.1) is 56.8 Å². The molecule has 5 N–H and O–H groups in total. The van der Waals surface area contributed by atoms with E-state index in [4.69, 9.17) is 14.2 Å². The highest BCUT2D eigenvalue weighted by Crippen LogP contribution is 2.34. The van der Waals surface area contributed by atoms with Crippen molar-refractivity contribution in [2.24, 2.45) is 11.8 Å². The number of benzene rings is 3. The van der Waals surface area contributed by atoms with E-state index in [-0.39, 0.29) is 29.7 Å². The predicted molar refractivity (Wildman–Crippen MR) is 231 cm³/mol. The van der Waals surface area contributed by atoms with E-state index in [1.54, 1.807) is 17.3 Å². The lowest BCUT2D eigenvalue weighted by atomic mass is 10.0. The minimum Gasteiger partial charge on any atom is -0.453 e. The quantitative estimate of drug-likeness (QED) is 0.0678. The maximum Gasteiger partial charge on any atom is 0.407 e. The molecule has 5 aromatic rings. The molecule has 0 unspecified atom stereocenters. The van der Waals surface area contributed by atoms with Crippen molar-refractivity contribution >= 4 is 24.0 Å². The molecular weight excluding hydrogens is 777 g/mol. The first-order chi connectivity index (χ1) is 29.4. The molecule has 1 saturated heterocycles. The van der Waals surface area contributed by atoms with Crippen molar-refractivity contribution in [2.75, 3.05) is 20.8 Å². The monoisotopic (exact) mass is 832 g/mol. The molecule has 3 heterocycles. The molecule has 3 aromatic carbocycles. The number of rotatable bonds is 16. The van der Waals surface area contributed by atoms with Gasteiger partial charge in [0, 0.05) is 6.54 Å². The van der Waals surface area contributed by atoms with Gasteiger partial charge in [-0.2, -0.15) is 0 Å². The molecule has 0 bridgehead atoms. The largest absolute Gasteiger partial charge is 0.453 e. The third kappa shape index (κ3) is 10.8. The minimum atomic E-state index is -0.841. The first-order valence-electron chi connectivity index (χ1n) is 20.6. The molecule has 322 valence electrons. The summed E-state index contributed by atoms with van der Waals surface area (Å²) in [7, 11) is 2.54. The van der Waals surface area contributed by atoms with E-state index in [1.807, 2.05) is 101 Å². The van der Waals surface area contributed by atoms with Crippen LogP contribution in [0.1, 0.15) is 76.8 Å². The molecule has 15 heteroatoms. The van der Waals surface area contributed by atoms with Crippen LogP contribution in [0, 0.1) is 11.8 Å². The van der Waals surface area contributed by atoms with Crippen molar-refractivity contribution in [3.8, 4) is 33.6 Å². The Bertz CT molecular complexity index is 2240. The molecule has 1 aliphatic rings. The van der Waals surface area contributed by atoms with Crippen molar-refractivity contribution in [1.29, 1.82) is 0 Å². The molecule has 1 aliphatic heterocycles. The van der Waals surface area contributed by atoms with Crippen molar-refractivity contribution < 1.29 is 33.4 Å². The van der Waals surface area contributed by atoms with Crippen molar-refractivity contribution in [3.05, 3.63) is 108 Å². The van der Waals surface area contributed by atoms with Gasteiger partial charge in [-0.05, 0) is 59.4 Å². The van der Waals surface area contributed by atoms with Crippen LogP contribution in [-0.4, -0.2) is 87.8 Å². The van der Waals surface area contributed by atoms with Gasteiger partial charge in [0.1, 0.15) is 29.8 Å². The van der Waals surface area contributed by atoms with Gasteiger partial charge in [0.2, 0.25) is 11.8 Å². The second-order valence-corrected chi connectivity index (χ2v) is 15.9. The number of nitrogens with one attached hydrogen (secondary N) is 5. The van der Waals surface area contributed by atoms with E-state index < -0.39 is 36.4 Å². The Kier molecular flexibility index (Phi) is 14.6. The number of H-pyrrole nitrogens is 2. The number of hydrogen-bond donors (Lipinski definition) is 5. The standard InChI is InChI=1S/C46H56N8O7/c1-27(2)38(52-45(57)59-6)43(55)51-40(29(5)61-26-30-12-9-8-10-13-30)42-48-25-36(50-42)34-21-17-32(18-22-34)31-15-19-33(20-16-31)35-24-47-41(49-35)37-14-11-23-54(37)44(56)39(28(3)4)53-46(58)60-7/h8-10,12-13,15-22,24-25,27-29,37-40H,11,14,23,26H2,1-7H3,(H,47,49)(H,48,50)(H,51,55)(H,52,57)(H,53,58)/t29-,37+,38+,39+,40+/m1/s1. The molecule has 0 radical (unpaired) electrons. The summed E-state index contributed by atoms with van der Waals surface area (Å²) < 4.78 is 15.8. The van der Waals surface area contributed by atoms with Crippen LogP contribution in [0.25, 0.3) is 33.6 Å². The fourth-order valence-electron chi connectivity index (χ4n) is 7.44. The summed E-state index contributed by atoms with van der Waals surface area (Å²) in [6, 6.07) is 23.6. The predicted octanol–water partition coefficient (Wildman–Crippen LogP) is 7.32. The van der Waals surface area contributed by atoms with Crippen molar-refractivity contribution in [2.45, 2.75) is 84.3 Å². The number of carbonyl (C=O) groups excluding carboxylic acids is 4. The number of likely N-dealkylation sites (tertiary alicyclic amines) is 1. The summed E-state index contributed by atoms with van der Waals surface area (Å²) in [4.78, 5) is 69.2. The van der Waals surface area contributed by atoms with Crippen LogP contribution >= 0.6 is 0 Å². The summed E-state index contributed by atoms with van der Waals surface area (Å²) >= 11 is 0. The van der Waals surface area contributed by atoms with Gasteiger partial charge >= 0.3 is 12.2 Å². The molecule has 15 nitrogen and oxygen atoms in total. The van der Waals surface area contributed by atoms with Gasteiger partial charge in [-0.25, -0.2) is 19.6 Å². The maximum atomic E-state index is 13.6. The number of ether oxygens (including phenoxy) is 3. The van der Waals surface area contributed by atoms with E-state index in [2.05, 4.69) is 48.0 Å². The van der Waals surface area contributed by atoms with Crippen LogP contribution in [0.5, 0.6) is 0 Å². The summed E-state index contributed by atoms with van der Waals surface area (Å²) in [5.74, 6) is 0.349. The number of aromatic nitrogens is 4. The SMILES string of the molecule is COC(=O)N[C@H](C(=O)N[C@H](c1ncc(-c2ccc(-c3ccc(-c4cnc([C@@H]5CCCN5C(=O)[C@@H](NC(=O)OC)C(C)C)[nH]4)cc3)cc2)[nH]1)[C@@H](C)OCc1ccccc1)C(C)C. The first-order valence-corrected chi connectivity index (χ1v) is 20.6. The van der Waals surface area contributed by atoms with E-state index in [0.29, 0.717) is 24.8 Å². The number of carbonyl (C=O) groups is 4. The number of hydrogen-bond acceptors (Lipinski definition) is 9. The Morgan fingerprint density at radius 1 is 0.705 bits per heavy atom. The molecular formula is C46H56N8O7. The first kappa shape index (κ1) is 44.1. The van der Waals surface area contributed by atoms with Crippen molar-refractivity contribution in [3.63, 3.8) is 0 Å². The molecule has 0 saturated carbocycles. The third-order valence-electron chi connectivity index (χ3n) is 11.0. The number of imidazole rings is 2. The minimum absolute atomic E-state index is 0.116. The molecule has 4 amide bonds. The van der Waals surface area contributed by atoms with E-state index in [0.717, 1.165) is 52.0 Å². The topological polar surface area (TPSA) is 193 Å². The van der Waals surface area contributed by atoms with E-state index in [1.165, 1.54) is 14.2 Å². The zero-order chi connectivity index (χ0) is 43.6. The number of alkyl carbamates (subject to hydrolysis) is 2. The molecule has 0 spiro atoms. The molecule has 1 fully saturated rings. The van der Waals surface area contributed by atoms with E-state index in [9.17, 15) is 19.2 Å². The number of aromatic amines is 2. The summed E-state index contributed by atoms with van der Waals surface area (Å²) in [6.45, 7) is 10.3.